The lowest BCUT2D eigenvalue weighted by atomic mass is 10.0. The number of halogens is 1. The Morgan fingerprint density at radius 1 is 1.13 bits per heavy atom. The van der Waals surface area contributed by atoms with Crippen LogP contribution in [0.3, 0.4) is 0 Å². The second-order valence-electron chi connectivity index (χ2n) is 6.31. The number of hydrogen-bond donors (Lipinski definition) is 0. The minimum absolute atomic E-state index is 0.0329. The first-order valence-corrected chi connectivity index (χ1v) is 7.90. The molecule has 0 aliphatic carbocycles. The van der Waals surface area contributed by atoms with Gasteiger partial charge in [-0.2, -0.15) is 0 Å². The van der Waals surface area contributed by atoms with Crippen LogP contribution in [0, 0.1) is 17.7 Å². The van der Waals surface area contributed by atoms with E-state index in [1.54, 1.807) is 12.3 Å². The summed E-state index contributed by atoms with van der Waals surface area (Å²) < 4.78 is 13.3. The molecule has 0 spiro atoms. The fourth-order valence-corrected chi connectivity index (χ4v) is 3.67. The van der Waals surface area contributed by atoms with E-state index in [1.807, 2.05) is 29.2 Å². The summed E-state index contributed by atoms with van der Waals surface area (Å²) in [6.07, 6.45) is 1.78. The van der Waals surface area contributed by atoms with Crippen molar-refractivity contribution in [1.29, 1.82) is 0 Å². The Morgan fingerprint density at radius 3 is 2.78 bits per heavy atom. The van der Waals surface area contributed by atoms with Crippen LogP contribution in [0.2, 0.25) is 0 Å². The molecule has 2 aromatic rings. The van der Waals surface area contributed by atoms with E-state index in [9.17, 15) is 9.18 Å². The van der Waals surface area contributed by atoms with E-state index < -0.39 is 0 Å². The molecule has 0 saturated carbocycles. The highest BCUT2D eigenvalue weighted by Crippen LogP contribution is 2.34. The number of likely N-dealkylation sites (tertiary alicyclic amines) is 1. The predicted molar refractivity (Wildman–Crippen MR) is 85.2 cm³/mol. The standard InChI is InChI=1S/C18H18FN3O/c19-15-5-3-4-13(8-15)9-22-11-14-10-21(12-16(14)18(22)23)17-6-1-2-7-20-17/h1-8,14,16H,9-12H2/t14-,16-/m0/s1. The van der Waals surface area contributed by atoms with Crippen LogP contribution in [0.5, 0.6) is 0 Å². The van der Waals surface area contributed by atoms with Gasteiger partial charge in [0.2, 0.25) is 5.91 Å². The summed E-state index contributed by atoms with van der Waals surface area (Å²) in [6, 6.07) is 12.3. The summed E-state index contributed by atoms with van der Waals surface area (Å²) in [5.41, 5.74) is 0.847. The Balaban J connectivity index is 1.44. The SMILES string of the molecule is O=C1[C@H]2CN(c3ccccn3)C[C@H]2CN1Cc1cccc(F)c1. The van der Waals surface area contributed by atoms with Crippen LogP contribution in [0.25, 0.3) is 0 Å². The molecule has 1 aromatic carbocycles. The van der Waals surface area contributed by atoms with E-state index >= 15 is 0 Å². The maximum atomic E-state index is 13.3. The second-order valence-corrected chi connectivity index (χ2v) is 6.31. The predicted octanol–water partition coefficient (Wildman–Crippen LogP) is 2.32. The van der Waals surface area contributed by atoms with E-state index in [-0.39, 0.29) is 17.6 Å². The molecule has 1 aromatic heterocycles. The largest absolute Gasteiger partial charge is 0.355 e. The molecule has 4 rings (SSSR count). The number of benzene rings is 1. The molecule has 4 nitrogen and oxygen atoms in total. The van der Waals surface area contributed by atoms with Crippen LogP contribution in [0.1, 0.15) is 5.56 Å². The van der Waals surface area contributed by atoms with Crippen LogP contribution in [0.4, 0.5) is 10.2 Å². The van der Waals surface area contributed by atoms with Gasteiger partial charge in [0.15, 0.2) is 0 Å². The maximum absolute atomic E-state index is 13.3. The van der Waals surface area contributed by atoms with Crippen molar-refractivity contribution < 1.29 is 9.18 Å². The highest BCUT2D eigenvalue weighted by molar-refractivity contribution is 5.83. The van der Waals surface area contributed by atoms with Crippen molar-refractivity contribution in [2.45, 2.75) is 6.54 Å². The number of hydrogen-bond acceptors (Lipinski definition) is 3. The van der Waals surface area contributed by atoms with Gasteiger partial charge in [0.05, 0.1) is 5.92 Å². The number of carbonyl (C=O) groups is 1. The number of aromatic nitrogens is 1. The zero-order valence-electron chi connectivity index (χ0n) is 12.7. The molecule has 1 amide bonds. The molecular weight excluding hydrogens is 293 g/mol. The average Bonchev–Trinajstić information content (AvgIpc) is 3.09. The van der Waals surface area contributed by atoms with Gasteiger partial charge in [-0.15, -0.1) is 0 Å². The Morgan fingerprint density at radius 2 is 2.04 bits per heavy atom. The molecule has 0 bridgehead atoms. The highest BCUT2D eigenvalue weighted by atomic mass is 19.1. The highest BCUT2D eigenvalue weighted by Gasteiger charge is 2.46. The van der Waals surface area contributed by atoms with Gasteiger partial charge in [-0.05, 0) is 29.8 Å². The lowest BCUT2D eigenvalue weighted by Gasteiger charge is -2.22. The van der Waals surface area contributed by atoms with Gasteiger partial charge >= 0.3 is 0 Å². The molecule has 3 heterocycles. The number of pyridine rings is 1. The molecule has 0 unspecified atom stereocenters. The van der Waals surface area contributed by atoms with Crippen molar-refractivity contribution in [3.8, 4) is 0 Å². The van der Waals surface area contributed by atoms with Gasteiger partial charge in [0.25, 0.3) is 0 Å². The molecule has 2 saturated heterocycles. The van der Waals surface area contributed by atoms with Crippen molar-refractivity contribution in [2.75, 3.05) is 24.5 Å². The Hall–Kier alpha value is -2.43. The van der Waals surface area contributed by atoms with Crippen LogP contribution in [-0.2, 0) is 11.3 Å². The van der Waals surface area contributed by atoms with Crippen molar-refractivity contribution in [2.24, 2.45) is 11.8 Å². The first-order chi connectivity index (χ1) is 11.2. The number of carbonyl (C=O) groups excluding carboxylic acids is 1. The third kappa shape index (κ3) is 2.67. The summed E-state index contributed by atoms with van der Waals surface area (Å²) in [4.78, 5) is 21.1. The molecule has 5 heteroatoms. The summed E-state index contributed by atoms with van der Waals surface area (Å²) in [5, 5.41) is 0. The van der Waals surface area contributed by atoms with E-state index in [0.717, 1.165) is 31.0 Å². The smallest absolute Gasteiger partial charge is 0.228 e. The minimum atomic E-state index is -0.254. The Labute approximate surface area is 134 Å². The molecule has 23 heavy (non-hydrogen) atoms. The minimum Gasteiger partial charge on any atom is -0.355 e. The van der Waals surface area contributed by atoms with E-state index in [0.29, 0.717) is 12.5 Å². The molecule has 2 atom stereocenters. The number of rotatable bonds is 3. The molecule has 0 N–H and O–H groups in total. The van der Waals surface area contributed by atoms with Gasteiger partial charge < -0.3 is 9.80 Å². The summed E-state index contributed by atoms with van der Waals surface area (Å²) in [5.74, 6) is 1.23. The van der Waals surface area contributed by atoms with Crippen molar-refractivity contribution >= 4 is 11.7 Å². The number of nitrogens with zero attached hydrogens (tertiary/aromatic N) is 3. The van der Waals surface area contributed by atoms with Crippen LogP contribution < -0.4 is 4.90 Å². The zero-order chi connectivity index (χ0) is 15.8. The van der Waals surface area contributed by atoms with E-state index in [1.165, 1.54) is 12.1 Å². The molecule has 2 aliphatic rings. The Kier molecular flexibility index (Phi) is 3.48. The topological polar surface area (TPSA) is 36.4 Å². The third-order valence-electron chi connectivity index (χ3n) is 4.76. The van der Waals surface area contributed by atoms with Gasteiger partial charge in [-0.25, -0.2) is 9.37 Å². The molecule has 2 aliphatic heterocycles. The van der Waals surface area contributed by atoms with Gasteiger partial charge in [-0.1, -0.05) is 18.2 Å². The normalized spacial score (nSPS) is 23.4. The second kappa shape index (κ2) is 5.65. The van der Waals surface area contributed by atoms with Crippen LogP contribution in [0.15, 0.2) is 48.7 Å². The lowest BCUT2D eigenvalue weighted by Crippen LogP contribution is -2.32. The summed E-state index contributed by atoms with van der Waals surface area (Å²) in [7, 11) is 0. The number of amides is 1. The summed E-state index contributed by atoms with van der Waals surface area (Å²) >= 11 is 0. The number of anilines is 1. The maximum Gasteiger partial charge on any atom is 0.228 e. The Bertz CT molecular complexity index is 721. The quantitative estimate of drug-likeness (QED) is 0.873. The summed E-state index contributed by atoms with van der Waals surface area (Å²) in [6.45, 7) is 2.81. The molecule has 2 fully saturated rings. The fourth-order valence-electron chi connectivity index (χ4n) is 3.67. The van der Waals surface area contributed by atoms with Gasteiger partial charge in [0, 0.05) is 38.3 Å². The molecule has 0 radical (unpaired) electrons. The lowest BCUT2D eigenvalue weighted by molar-refractivity contribution is -0.131. The number of fused-ring (bicyclic) bond motifs is 1. The van der Waals surface area contributed by atoms with Crippen LogP contribution in [-0.4, -0.2) is 35.4 Å². The molecule has 118 valence electrons. The first-order valence-electron chi connectivity index (χ1n) is 7.90. The average molecular weight is 311 g/mol. The van der Waals surface area contributed by atoms with E-state index in [4.69, 9.17) is 0 Å². The van der Waals surface area contributed by atoms with E-state index in [2.05, 4.69) is 9.88 Å². The first kappa shape index (κ1) is 14.2. The van der Waals surface area contributed by atoms with Gasteiger partial charge in [-0.3, -0.25) is 4.79 Å². The third-order valence-corrected chi connectivity index (χ3v) is 4.76. The fraction of sp³-hybridized carbons (Fsp3) is 0.333. The monoisotopic (exact) mass is 311 g/mol. The molecular formula is C18H18FN3O. The van der Waals surface area contributed by atoms with Gasteiger partial charge in [0.1, 0.15) is 11.6 Å². The van der Waals surface area contributed by atoms with Crippen LogP contribution >= 0.6 is 0 Å². The zero-order valence-corrected chi connectivity index (χ0v) is 12.7. The van der Waals surface area contributed by atoms with Crippen molar-refractivity contribution in [3.63, 3.8) is 0 Å². The van der Waals surface area contributed by atoms with Crippen molar-refractivity contribution in [1.82, 2.24) is 9.88 Å². The van der Waals surface area contributed by atoms with Crippen molar-refractivity contribution in [3.05, 3.63) is 60.0 Å².